The Morgan fingerprint density at radius 3 is 2.58 bits per heavy atom. The Morgan fingerprint density at radius 2 is 1.85 bits per heavy atom. The molecule has 0 spiro atoms. The van der Waals surface area contributed by atoms with E-state index in [2.05, 4.69) is 10.2 Å². The summed E-state index contributed by atoms with van der Waals surface area (Å²) in [6.45, 7) is 5.43. The van der Waals surface area contributed by atoms with Gasteiger partial charge in [-0.2, -0.15) is 0 Å². The summed E-state index contributed by atoms with van der Waals surface area (Å²) in [7, 11) is 0. The van der Waals surface area contributed by atoms with Gasteiger partial charge in [-0.05, 0) is 69.3 Å². The molecule has 4 rings (SSSR count). The zero-order chi connectivity index (χ0) is 23.5. The van der Waals surface area contributed by atoms with Gasteiger partial charge in [-0.15, -0.1) is 10.2 Å². The smallest absolute Gasteiger partial charge is 0.277 e. The van der Waals surface area contributed by atoms with Crippen LogP contribution in [0.1, 0.15) is 40.7 Å². The lowest BCUT2D eigenvalue weighted by molar-refractivity contribution is 0.102. The molecule has 0 aliphatic carbocycles. The summed E-state index contributed by atoms with van der Waals surface area (Å²) in [5.74, 6) is 0.0216. The van der Waals surface area contributed by atoms with Crippen molar-refractivity contribution in [1.29, 1.82) is 0 Å². The summed E-state index contributed by atoms with van der Waals surface area (Å²) in [4.78, 5) is 12.9. The van der Waals surface area contributed by atoms with Crippen molar-refractivity contribution in [1.82, 2.24) is 14.8 Å². The molecule has 0 aliphatic heterocycles. The Morgan fingerprint density at radius 1 is 1.09 bits per heavy atom. The molecular formula is C24H21F2N3O3S. The lowest BCUT2D eigenvalue weighted by atomic mass is 10.2. The van der Waals surface area contributed by atoms with E-state index in [1.807, 2.05) is 18.4 Å². The lowest BCUT2D eigenvalue weighted by Crippen LogP contribution is -2.05. The summed E-state index contributed by atoms with van der Waals surface area (Å²) in [6.07, 6.45) is -0.543. The Balaban J connectivity index is 1.41. The fourth-order valence-corrected chi connectivity index (χ4v) is 4.13. The van der Waals surface area contributed by atoms with E-state index in [1.54, 1.807) is 25.1 Å². The number of nitrogens with zero attached hydrogens (tertiary/aromatic N) is 3. The monoisotopic (exact) mass is 469 g/mol. The topological polar surface area (TPSA) is 70.2 Å². The van der Waals surface area contributed by atoms with Crippen LogP contribution >= 0.6 is 11.8 Å². The Bertz CT molecular complexity index is 1280. The molecule has 2 heterocycles. The minimum Gasteiger partial charge on any atom is -0.481 e. The molecule has 0 saturated carbocycles. The summed E-state index contributed by atoms with van der Waals surface area (Å²) in [5, 5.41) is 8.19. The van der Waals surface area contributed by atoms with Gasteiger partial charge >= 0.3 is 0 Å². The average molecular weight is 470 g/mol. The predicted molar refractivity (Wildman–Crippen MR) is 120 cm³/mol. The highest BCUT2D eigenvalue weighted by molar-refractivity contribution is 7.99. The number of hydrogen-bond acceptors (Lipinski definition) is 6. The van der Waals surface area contributed by atoms with E-state index >= 15 is 0 Å². The maximum atomic E-state index is 13.7. The van der Waals surface area contributed by atoms with E-state index in [0.29, 0.717) is 17.0 Å². The van der Waals surface area contributed by atoms with Crippen LogP contribution < -0.4 is 4.74 Å². The zero-order valence-electron chi connectivity index (χ0n) is 18.2. The molecule has 0 aliphatic rings. The van der Waals surface area contributed by atoms with E-state index in [1.165, 1.54) is 36.4 Å². The number of hydrogen-bond donors (Lipinski definition) is 0. The molecule has 0 amide bonds. The SMILES string of the molecule is Cc1cc(C(=O)CSc2nnc([C@@H](C)Oc3ccc(F)cc3)o2)c(C)n1-c1cccc(F)c1. The second-order valence-corrected chi connectivity index (χ2v) is 8.36. The number of thioether (sulfide) groups is 1. The molecule has 2 aromatic heterocycles. The largest absolute Gasteiger partial charge is 0.481 e. The van der Waals surface area contributed by atoms with Gasteiger partial charge in [0.05, 0.1) is 5.75 Å². The van der Waals surface area contributed by atoms with Gasteiger partial charge in [0.15, 0.2) is 11.9 Å². The van der Waals surface area contributed by atoms with Crippen molar-refractivity contribution < 1.29 is 22.7 Å². The van der Waals surface area contributed by atoms with E-state index in [0.717, 1.165) is 23.1 Å². The molecule has 0 saturated heterocycles. The van der Waals surface area contributed by atoms with Crippen LogP contribution in [-0.4, -0.2) is 26.3 Å². The first-order valence-corrected chi connectivity index (χ1v) is 11.2. The number of aromatic nitrogens is 3. The molecule has 0 radical (unpaired) electrons. The molecule has 0 unspecified atom stereocenters. The van der Waals surface area contributed by atoms with Crippen LogP contribution in [-0.2, 0) is 0 Å². The van der Waals surface area contributed by atoms with E-state index in [4.69, 9.17) is 9.15 Å². The van der Waals surface area contributed by atoms with Gasteiger partial charge in [-0.25, -0.2) is 8.78 Å². The Labute approximate surface area is 193 Å². The molecule has 9 heteroatoms. The second kappa shape index (κ2) is 9.58. The van der Waals surface area contributed by atoms with Crippen molar-refractivity contribution in [3.05, 3.63) is 89.1 Å². The maximum Gasteiger partial charge on any atom is 0.277 e. The minimum atomic E-state index is -0.543. The zero-order valence-corrected chi connectivity index (χ0v) is 19.0. The first-order chi connectivity index (χ1) is 15.8. The number of halogens is 2. The van der Waals surface area contributed by atoms with Gasteiger partial charge in [0.25, 0.3) is 11.1 Å². The van der Waals surface area contributed by atoms with Crippen molar-refractivity contribution in [2.45, 2.75) is 32.1 Å². The normalized spacial score (nSPS) is 12.0. The molecule has 0 N–H and O–H groups in total. The summed E-state index contributed by atoms with van der Waals surface area (Å²) < 4.78 is 39.8. The third kappa shape index (κ3) is 5.14. The van der Waals surface area contributed by atoms with Gasteiger partial charge in [-0.1, -0.05) is 17.8 Å². The van der Waals surface area contributed by atoms with Gasteiger partial charge in [0, 0.05) is 22.6 Å². The van der Waals surface area contributed by atoms with E-state index < -0.39 is 6.10 Å². The fourth-order valence-electron chi connectivity index (χ4n) is 3.47. The fraction of sp³-hybridized carbons (Fsp3) is 0.208. The van der Waals surface area contributed by atoms with Crippen LogP contribution in [0, 0.1) is 25.5 Å². The highest BCUT2D eigenvalue weighted by atomic mass is 32.2. The van der Waals surface area contributed by atoms with E-state index in [-0.39, 0.29) is 34.3 Å². The van der Waals surface area contributed by atoms with Crippen LogP contribution in [0.3, 0.4) is 0 Å². The quantitative estimate of drug-likeness (QED) is 0.237. The molecule has 0 bridgehead atoms. The van der Waals surface area contributed by atoms with Gasteiger partial charge in [-0.3, -0.25) is 4.79 Å². The van der Waals surface area contributed by atoms with Crippen molar-refractivity contribution in [3.8, 4) is 11.4 Å². The number of ketones is 1. The molecule has 33 heavy (non-hydrogen) atoms. The van der Waals surface area contributed by atoms with Gasteiger partial charge < -0.3 is 13.7 Å². The molecule has 0 fully saturated rings. The molecule has 2 aromatic carbocycles. The summed E-state index contributed by atoms with van der Waals surface area (Å²) >= 11 is 1.13. The van der Waals surface area contributed by atoms with Crippen LogP contribution in [0.25, 0.3) is 5.69 Å². The van der Waals surface area contributed by atoms with Crippen molar-refractivity contribution in [3.63, 3.8) is 0 Å². The molecule has 170 valence electrons. The first-order valence-electron chi connectivity index (χ1n) is 10.2. The number of carbonyl (C=O) groups is 1. The van der Waals surface area contributed by atoms with Crippen LogP contribution in [0.5, 0.6) is 5.75 Å². The number of benzene rings is 2. The minimum absolute atomic E-state index is 0.0995. The number of aryl methyl sites for hydroxylation is 1. The molecular weight excluding hydrogens is 448 g/mol. The highest BCUT2D eigenvalue weighted by Gasteiger charge is 2.20. The van der Waals surface area contributed by atoms with E-state index in [9.17, 15) is 13.6 Å². The first kappa shape index (κ1) is 22.7. The lowest BCUT2D eigenvalue weighted by Gasteiger charge is -2.10. The molecule has 4 aromatic rings. The van der Waals surface area contributed by atoms with Crippen molar-refractivity contribution >= 4 is 17.5 Å². The highest BCUT2D eigenvalue weighted by Crippen LogP contribution is 2.26. The van der Waals surface area contributed by atoms with Crippen LogP contribution in [0.4, 0.5) is 8.78 Å². The number of rotatable bonds is 8. The third-order valence-electron chi connectivity index (χ3n) is 5.02. The number of carbonyl (C=O) groups excluding carboxylic acids is 1. The van der Waals surface area contributed by atoms with Crippen LogP contribution in [0.15, 0.2) is 64.2 Å². The molecule has 6 nitrogen and oxygen atoms in total. The Hall–Kier alpha value is -3.46. The third-order valence-corrected chi connectivity index (χ3v) is 5.84. The summed E-state index contributed by atoms with van der Waals surface area (Å²) in [6, 6.07) is 13.6. The maximum absolute atomic E-state index is 13.7. The Kier molecular flexibility index (Phi) is 6.60. The van der Waals surface area contributed by atoms with Gasteiger partial charge in [0.1, 0.15) is 17.4 Å². The van der Waals surface area contributed by atoms with Crippen molar-refractivity contribution in [2.75, 3.05) is 5.75 Å². The second-order valence-electron chi connectivity index (χ2n) is 7.43. The standard InChI is InChI=1S/C24H21F2N3O3S/c1-14-11-21(15(2)29(14)19-6-4-5-18(26)12-19)22(30)13-33-24-28-27-23(32-24)16(3)31-20-9-7-17(25)8-10-20/h4-12,16H,13H2,1-3H3/t16-/m1/s1. The summed E-state index contributed by atoms with van der Waals surface area (Å²) in [5.41, 5.74) is 2.78. The van der Waals surface area contributed by atoms with Gasteiger partial charge in [0.2, 0.25) is 0 Å². The predicted octanol–water partition coefficient (Wildman–Crippen LogP) is 5.87. The van der Waals surface area contributed by atoms with Crippen LogP contribution in [0.2, 0.25) is 0 Å². The van der Waals surface area contributed by atoms with Crippen molar-refractivity contribution in [2.24, 2.45) is 0 Å². The average Bonchev–Trinajstić information content (AvgIpc) is 3.38. The molecule has 1 atom stereocenters. The number of Topliss-reactive ketones (excluding diaryl/α,β-unsaturated/α-hetero) is 1. The number of ether oxygens (including phenoxy) is 1.